The minimum absolute atomic E-state index is 0.0952. The number of nitrogens with one attached hydrogen (secondary N) is 1. The van der Waals surface area contributed by atoms with Gasteiger partial charge in [-0.15, -0.1) is 0 Å². The van der Waals surface area contributed by atoms with Crippen molar-refractivity contribution in [1.82, 2.24) is 10.2 Å². The lowest BCUT2D eigenvalue weighted by molar-refractivity contribution is -0.142. The van der Waals surface area contributed by atoms with E-state index in [1.165, 1.54) is 11.8 Å². The van der Waals surface area contributed by atoms with E-state index in [0.29, 0.717) is 6.54 Å². The summed E-state index contributed by atoms with van der Waals surface area (Å²) < 4.78 is 0. The molecule has 3 amide bonds. The van der Waals surface area contributed by atoms with Gasteiger partial charge in [0.1, 0.15) is 6.04 Å². The summed E-state index contributed by atoms with van der Waals surface area (Å²) in [7, 11) is 0. The van der Waals surface area contributed by atoms with Gasteiger partial charge < -0.3 is 21.1 Å². The van der Waals surface area contributed by atoms with Crippen LogP contribution in [0.4, 0.5) is 4.79 Å². The third kappa shape index (κ3) is 3.08. The lowest BCUT2D eigenvalue weighted by atomic mass is 9.99. The van der Waals surface area contributed by atoms with Crippen LogP contribution in [0.3, 0.4) is 0 Å². The fourth-order valence-electron chi connectivity index (χ4n) is 1.80. The van der Waals surface area contributed by atoms with Crippen LogP contribution in [0.2, 0.25) is 0 Å². The molecule has 96 valence electrons. The summed E-state index contributed by atoms with van der Waals surface area (Å²) in [5.41, 5.74) is 5.02. The summed E-state index contributed by atoms with van der Waals surface area (Å²) in [6, 6.07) is -1.21. The van der Waals surface area contributed by atoms with Crippen LogP contribution >= 0.6 is 0 Å². The second-order valence-corrected chi connectivity index (χ2v) is 4.40. The van der Waals surface area contributed by atoms with Crippen LogP contribution in [0, 0.1) is 11.8 Å². The third-order valence-corrected chi connectivity index (χ3v) is 2.98. The van der Waals surface area contributed by atoms with Gasteiger partial charge in [0.25, 0.3) is 0 Å². The number of urea groups is 1. The van der Waals surface area contributed by atoms with Crippen molar-refractivity contribution in [3.05, 3.63) is 0 Å². The average molecular weight is 243 g/mol. The first-order chi connectivity index (χ1) is 7.82. The molecule has 1 fully saturated rings. The van der Waals surface area contributed by atoms with Crippen LogP contribution in [0.15, 0.2) is 0 Å². The zero-order chi connectivity index (χ0) is 13.2. The van der Waals surface area contributed by atoms with Crippen LogP contribution in [0.25, 0.3) is 0 Å². The molecular weight excluding hydrogens is 226 g/mol. The van der Waals surface area contributed by atoms with Crippen molar-refractivity contribution in [2.45, 2.75) is 19.9 Å². The highest BCUT2D eigenvalue weighted by atomic mass is 16.4. The zero-order valence-electron chi connectivity index (χ0n) is 9.84. The number of carbonyl (C=O) groups is 3. The Labute approximate surface area is 98.9 Å². The van der Waals surface area contributed by atoms with Crippen molar-refractivity contribution in [2.75, 3.05) is 13.1 Å². The molecule has 0 spiro atoms. The molecule has 0 radical (unpaired) electrons. The molecule has 1 aliphatic rings. The van der Waals surface area contributed by atoms with Gasteiger partial charge in [-0.2, -0.15) is 0 Å². The van der Waals surface area contributed by atoms with Crippen LogP contribution in [0.5, 0.6) is 0 Å². The number of carboxylic acid groups (broad SMARTS) is 1. The van der Waals surface area contributed by atoms with Crippen molar-refractivity contribution in [3.63, 3.8) is 0 Å². The second kappa shape index (κ2) is 5.03. The highest BCUT2D eigenvalue weighted by molar-refractivity contribution is 5.86. The van der Waals surface area contributed by atoms with Gasteiger partial charge in [0, 0.05) is 13.1 Å². The number of carboxylic acids is 1. The van der Waals surface area contributed by atoms with Gasteiger partial charge in [0.15, 0.2) is 0 Å². The number of nitrogens with two attached hydrogens (primary N) is 1. The molecule has 0 aliphatic carbocycles. The average Bonchev–Trinajstić information content (AvgIpc) is 2.60. The molecular formula is C10H17N3O4. The Bertz CT molecular complexity index is 344. The SMILES string of the molecule is CC(NC(=O)N1CC(C)C(C(=O)O)C1)C(N)=O. The molecule has 1 aliphatic heterocycles. The molecule has 3 atom stereocenters. The predicted molar refractivity (Wildman–Crippen MR) is 59.1 cm³/mol. The Morgan fingerprint density at radius 2 is 2.00 bits per heavy atom. The lowest BCUT2D eigenvalue weighted by Crippen LogP contribution is -2.48. The topological polar surface area (TPSA) is 113 Å². The molecule has 17 heavy (non-hydrogen) atoms. The quantitative estimate of drug-likeness (QED) is 0.603. The van der Waals surface area contributed by atoms with Crippen molar-refractivity contribution >= 4 is 17.9 Å². The summed E-state index contributed by atoms with van der Waals surface area (Å²) in [6.07, 6.45) is 0. The largest absolute Gasteiger partial charge is 0.481 e. The van der Waals surface area contributed by atoms with Crippen molar-refractivity contribution < 1.29 is 19.5 Å². The maximum Gasteiger partial charge on any atom is 0.318 e. The number of amides is 3. The highest BCUT2D eigenvalue weighted by Gasteiger charge is 2.37. The number of carbonyl (C=O) groups excluding carboxylic acids is 2. The van der Waals surface area contributed by atoms with Crippen LogP contribution in [-0.2, 0) is 9.59 Å². The summed E-state index contributed by atoms with van der Waals surface area (Å²) >= 11 is 0. The number of nitrogens with zero attached hydrogens (tertiary/aromatic N) is 1. The molecule has 0 saturated carbocycles. The molecule has 0 aromatic heterocycles. The standard InChI is InChI=1S/C10H17N3O4/c1-5-3-13(4-7(5)9(15)16)10(17)12-6(2)8(11)14/h5-7H,3-4H2,1-2H3,(H2,11,14)(H,12,17)(H,15,16). The Morgan fingerprint density at radius 3 is 2.41 bits per heavy atom. The molecule has 7 heteroatoms. The fourth-order valence-corrected chi connectivity index (χ4v) is 1.80. The molecule has 0 aromatic carbocycles. The first-order valence-corrected chi connectivity index (χ1v) is 5.40. The number of likely N-dealkylation sites (tertiary alicyclic amines) is 1. The molecule has 1 rings (SSSR count). The van der Waals surface area contributed by atoms with Crippen molar-refractivity contribution in [2.24, 2.45) is 17.6 Å². The van der Waals surface area contributed by atoms with E-state index in [1.54, 1.807) is 6.92 Å². The first kappa shape index (κ1) is 13.3. The Kier molecular flexibility index (Phi) is 3.93. The van der Waals surface area contributed by atoms with E-state index >= 15 is 0 Å². The van der Waals surface area contributed by atoms with Gasteiger partial charge in [-0.05, 0) is 12.8 Å². The summed E-state index contributed by atoms with van der Waals surface area (Å²) in [4.78, 5) is 34.7. The number of hydrogen-bond donors (Lipinski definition) is 3. The molecule has 4 N–H and O–H groups in total. The van der Waals surface area contributed by atoms with Crippen LogP contribution in [-0.4, -0.2) is 47.0 Å². The van der Waals surface area contributed by atoms with E-state index < -0.39 is 29.9 Å². The Morgan fingerprint density at radius 1 is 1.41 bits per heavy atom. The number of hydrogen-bond acceptors (Lipinski definition) is 3. The molecule has 1 saturated heterocycles. The molecule has 7 nitrogen and oxygen atoms in total. The highest BCUT2D eigenvalue weighted by Crippen LogP contribution is 2.22. The summed E-state index contributed by atoms with van der Waals surface area (Å²) in [5.74, 6) is -2.18. The lowest BCUT2D eigenvalue weighted by Gasteiger charge is -2.19. The van der Waals surface area contributed by atoms with Gasteiger partial charge in [0.05, 0.1) is 5.92 Å². The predicted octanol–water partition coefficient (Wildman–Crippen LogP) is -0.778. The van der Waals surface area contributed by atoms with Crippen LogP contribution in [0.1, 0.15) is 13.8 Å². The number of primary amides is 1. The molecule has 1 heterocycles. The van der Waals surface area contributed by atoms with Crippen molar-refractivity contribution in [3.8, 4) is 0 Å². The van der Waals surface area contributed by atoms with E-state index in [2.05, 4.69) is 5.32 Å². The molecule has 3 unspecified atom stereocenters. The maximum absolute atomic E-state index is 11.7. The normalized spacial score (nSPS) is 25.4. The van der Waals surface area contributed by atoms with Gasteiger partial charge in [0.2, 0.25) is 5.91 Å². The molecule has 0 bridgehead atoms. The van der Waals surface area contributed by atoms with Gasteiger partial charge in [-0.25, -0.2) is 4.79 Å². The Balaban J connectivity index is 2.56. The fraction of sp³-hybridized carbons (Fsp3) is 0.700. The van der Waals surface area contributed by atoms with Gasteiger partial charge in [-0.3, -0.25) is 9.59 Å². The van der Waals surface area contributed by atoms with Gasteiger partial charge >= 0.3 is 12.0 Å². The smallest absolute Gasteiger partial charge is 0.318 e. The molecule has 0 aromatic rings. The minimum Gasteiger partial charge on any atom is -0.481 e. The van der Waals surface area contributed by atoms with Crippen LogP contribution < -0.4 is 11.1 Å². The van der Waals surface area contributed by atoms with E-state index in [1.807, 2.05) is 0 Å². The van der Waals surface area contributed by atoms with Gasteiger partial charge in [-0.1, -0.05) is 6.92 Å². The maximum atomic E-state index is 11.7. The van der Waals surface area contributed by atoms with E-state index in [9.17, 15) is 14.4 Å². The monoisotopic (exact) mass is 243 g/mol. The van der Waals surface area contributed by atoms with Crippen molar-refractivity contribution in [1.29, 1.82) is 0 Å². The number of rotatable bonds is 3. The summed E-state index contributed by atoms with van der Waals surface area (Å²) in [5, 5.41) is 11.3. The summed E-state index contributed by atoms with van der Waals surface area (Å²) in [6.45, 7) is 3.79. The Hall–Kier alpha value is -1.79. The third-order valence-electron chi connectivity index (χ3n) is 2.98. The van der Waals surface area contributed by atoms with E-state index in [-0.39, 0.29) is 12.5 Å². The van der Waals surface area contributed by atoms with E-state index in [0.717, 1.165) is 0 Å². The second-order valence-electron chi connectivity index (χ2n) is 4.40. The number of aliphatic carboxylic acids is 1. The minimum atomic E-state index is -0.907. The first-order valence-electron chi connectivity index (χ1n) is 5.40. The van der Waals surface area contributed by atoms with E-state index in [4.69, 9.17) is 10.8 Å². The zero-order valence-corrected chi connectivity index (χ0v) is 9.84.